The summed E-state index contributed by atoms with van der Waals surface area (Å²) in [6.45, 7) is 8.10. The lowest BCUT2D eigenvalue weighted by molar-refractivity contribution is 0.271. The van der Waals surface area contributed by atoms with Crippen LogP contribution in [0.4, 0.5) is 0 Å². The van der Waals surface area contributed by atoms with Gasteiger partial charge in [-0.1, -0.05) is 19.1 Å². The van der Waals surface area contributed by atoms with E-state index in [1.165, 1.54) is 6.42 Å². The molecule has 106 valence electrons. The molecule has 2 aromatic rings. The smallest absolute Gasteiger partial charge is 0.0890 e. The number of benzene rings is 1. The van der Waals surface area contributed by atoms with E-state index in [9.17, 15) is 0 Å². The average molecular weight is 270 g/mol. The van der Waals surface area contributed by atoms with Crippen molar-refractivity contribution in [2.24, 2.45) is 11.1 Å². The molecule has 1 aliphatic heterocycles. The molecule has 0 bridgehead atoms. The first-order chi connectivity index (χ1) is 9.59. The van der Waals surface area contributed by atoms with Crippen molar-refractivity contribution in [1.82, 2.24) is 14.9 Å². The molecule has 1 aliphatic rings. The lowest BCUT2D eigenvalue weighted by Gasteiger charge is -2.22. The Morgan fingerprint density at radius 3 is 2.60 bits per heavy atom. The van der Waals surface area contributed by atoms with Crippen LogP contribution in [0.3, 0.4) is 0 Å². The van der Waals surface area contributed by atoms with Crippen LogP contribution in [0.15, 0.2) is 24.3 Å². The summed E-state index contributed by atoms with van der Waals surface area (Å²) in [7, 11) is 0. The quantitative estimate of drug-likeness (QED) is 0.928. The number of rotatable bonds is 3. The van der Waals surface area contributed by atoms with Crippen LogP contribution in [0.2, 0.25) is 0 Å². The van der Waals surface area contributed by atoms with Gasteiger partial charge in [-0.25, -0.2) is 9.97 Å². The normalized spacial score (nSPS) is 23.6. The Bertz CT molecular complexity index is 625. The summed E-state index contributed by atoms with van der Waals surface area (Å²) in [5, 5.41) is 0. The van der Waals surface area contributed by atoms with Crippen molar-refractivity contribution in [2.75, 3.05) is 19.6 Å². The molecule has 1 atom stereocenters. The van der Waals surface area contributed by atoms with Crippen LogP contribution in [0, 0.1) is 12.3 Å². The minimum atomic E-state index is 0.262. The van der Waals surface area contributed by atoms with Gasteiger partial charge in [-0.2, -0.15) is 0 Å². The maximum atomic E-state index is 5.87. The molecule has 1 aromatic carbocycles. The summed E-state index contributed by atoms with van der Waals surface area (Å²) in [4.78, 5) is 11.9. The molecule has 4 nitrogen and oxygen atoms in total. The number of aryl methyl sites for hydroxylation is 1. The van der Waals surface area contributed by atoms with Crippen LogP contribution < -0.4 is 5.73 Å². The standard InChI is InChI=1S/C16H22N4/c1-12-15(9-20-8-7-16(2,10-17)11-20)19-14-6-4-3-5-13(14)18-12/h3-6H,7-11,17H2,1-2H3. The van der Waals surface area contributed by atoms with E-state index in [1.54, 1.807) is 0 Å². The summed E-state index contributed by atoms with van der Waals surface area (Å²) >= 11 is 0. The zero-order chi connectivity index (χ0) is 14.2. The largest absolute Gasteiger partial charge is 0.330 e. The molecule has 1 aromatic heterocycles. The van der Waals surface area contributed by atoms with E-state index in [0.717, 1.165) is 48.6 Å². The molecule has 4 heteroatoms. The van der Waals surface area contributed by atoms with E-state index >= 15 is 0 Å². The minimum absolute atomic E-state index is 0.262. The van der Waals surface area contributed by atoms with Crippen molar-refractivity contribution < 1.29 is 0 Å². The highest BCUT2D eigenvalue weighted by molar-refractivity contribution is 5.74. The summed E-state index contributed by atoms with van der Waals surface area (Å²) in [5.74, 6) is 0. The minimum Gasteiger partial charge on any atom is -0.330 e. The summed E-state index contributed by atoms with van der Waals surface area (Å²) < 4.78 is 0. The molecule has 3 rings (SSSR count). The lowest BCUT2D eigenvalue weighted by atomic mass is 9.90. The van der Waals surface area contributed by atoms with Gasteiger partial charge in [-0.05, 0) is 44.0 Å². The molecular formula is C16H22N4. The second-order valence-electron chi connectivity index (χ2n) is 6.22. The molecule has 0 aliphatic carbocycles. The average Bonchev–Trinajstić information content (AvgIpc) is 2.82. The fraction of sp³-hybridized carbons (Fsp3) is 0.500. The van der Waals surface area contributed by atoms with Crippen LogP contribution in [-0.4, -0.2) is 34.5 Å². The monoisotopic (exact) mass is 270 g/mol. The predicted octanol–water partition coefficient (Wildman–Crippen LogP) is 2.11. The highest BCUT2D eigenvalue weighted by atomic mass is 15.2. The summed E-state index contributed by atoms with van der Waals surface area (Å²) in [5.41, 5.74) is 10.2. The Labute approximate surface area is 120 Å². The van der Waals surface area contributed by atoms with Gasteiger partial charge in [0.25, 0.3) is 0 Å². The maximum Gasteiger partial charge on any atom is 0.0890 e. The number of hydrogen-bond donors (Lipinski definition) is 1. The fourth-order valence-electron chi connectivity index (χ4n) is 2.91. The molecule has 1 fully saturated rings. The van der Waals surface area contributed by atoms with E-state index in [1.807, 2.05) is 31.2 Å². The maximum absolute atomic E-state index is 5.87. The SMILES string of the molecule is Cc1nc2ccccc2nc1CN1CCC(C)(CN)C1. The van der Waals surface area contributed by atoms with Crippen molar-refractivity contribution in [3.8, 4) is 0 Å². The van der Waals surface area contributed by atoms with Gasteiger partial charge < -0.3 is 5.73 Å². The Kier molecular flexibility index (Phi) is 3.44. The van der Waals surface area contributed by atoms with Gasteiger partial charge in [0.2, 0.25) is 0 Å². The molecule has 1 unspecified atom stereocenters. The first-order valence-corrected chi connectivity index (χ1v) is 7.24. The number of nitrogens with zero attached hydrogens (tertiary/aromatic N) is 3. The predicted molar refractivity (Wildman–Crippen MR) is 81.3 cm³/mol. The summed E-state index contributed by atoms with van der Waals surface area (Å²) in [6.07, 6.45) is 1.17. The number of likely N-dealkylation sites (tertiary alicyclic amines) is 1. The Morgan fingerprint density at radius 1 is 1.25 bits per heavy atom. The lowest BCUT2D eigenvalue weighted by Crippen LogP contribution is -2.31. The van der Waals surface area contributed by atoms with Crippen LogP contribution in [-0.2, 0) is 6.54 Å². The highest BCUT2D eigenvalue weighted by Crippen LogP contribution is 2.29. The summed E-state index contributed by atoms with van der Waals surface area (Å²) in [6, 6.07) is 8.06. The Balaban J connectivity index is 1.83. The van der Waals surface area contributed by atoms with Gasteiger partial charge in [0, 0.05) is 13.1 Å². The van der Waals surface area contributed by atoms with Crippen molar-refractivity contribution in [3.05, 3.63) is 35.7 Å². The molecule has 2 heterocycles. The van der Waals surface area contributed by atoms with E-state index in [0.29, 0.717) is 0 Å². The van der Waals surface area contributed by atoms with Crippen LogP contribution in [0.1, 0.15) is 24.7 Å². The Morgan fingerprint density at radius 2 is 1.95 bits per heavy atom. The van der Waals surface area contributed by atoms with Crippen LogP contribution in [0.5, 0.6) is 0 Å². The van der Waals surface area contributed by atoms with Gasteiger partial charge in [-0.15, -0.1) is 0 Å². The molecule has 0 amide bonds. The van der Waals surface area contributed by atoms with Crippen LogP contribution in [0.25, 0.3) is 11.0 Å². The number of hydrogen-bond acceptors (Lipinski definition) is 4. The number of aromatic nitrogens is 2. The van der Waals surface area contributed by atoms with Crippen molar-refractivity contribution in [3.63, 3.8) is 0 Å². The van der Waals surface area contributed by atoms with Gasteiger partial charge in [-0.3, -0.25) is 4.90 Å². The third-order valence-electron chi connectivity index (χ3n) is 4.35. The molecule has 2 N–H and O–H groups in total. The van der Waals surface area contributed by atoms with E-state index in [-0.39, 0.29) is 5.41 Å². The topological polar surface area (TPSA) is 55.0 Å². The van der Waals surface area contributed by atoms with Crippen molar-refractivity contribution >= 4 is 11.0 Å². The zero-order valence-corrected chi connectivity index (χ0v) is 12.3. The van der Waals surface area contributed by atoms with Gasteiger partial charge >= 0.3 is 0 Å². The highest BCUT2D eigenvalue weighted by Gasteiger charge is 2.32. The second-order valence-corrected chi connectivity index (χ2v) is 6.22. The van der Waals surface area contributed by atoms with Gasteiger partial charge in [0.1, 0.15) is 0 Å². The molecule has 20 heavy (non-hydrogen) atoms. The van der Waals surface area contributed by atoms with E-state index in [2.05, 4.69) is 16.8 Å². The Hall–Kier alpha value is -1.52. The van der Waals surface area contributed by atoms with E-state index in [4.69, 9.17) is 10.7 Å². The third kappa shape index (κ3) is 2.53. The molecule has 0 radical (unpaired) electrons. The molecule has 0 spiro atoms. The second kappa shape index (κ2) is 5.11. The van der Waals surface area contributed by atoms with E-state index < -0.39 is 0 Å². The zero-order valence-electron chi connectivity index (χ0n) is 12.3. The number of nitrogens with two attached hydrogens (primary N) is 1. The van der Waals surface area contributed by atoms with Gasteiger partial charge in [0.05, 0.1) is 22.4 Å². The van der Waals surface area contributed by atoms with Crippen molar-refractivity contribution in [1.29, 1.82) is 0 Å². The number of para-hydroxylation sites is 2. The first-order valence-electron chi connectivity index (χ1n) is 7.24. The third-order valence-corrected chi connectivity index (χ3v) is 4.35. The fourth-order valence-corrected chi connectivity index (χ4v) is 2.91. The molecular weight excluding hydrogens is 248 g/mol. The van der Waals surface area contributed by atoms with Crippen molar-refractivity contribution in [2.45, 2.75) is 26.8 Å². The number of fused-ring (bicyclic) bond motifs is 1. The molecule has 0 saturated carbocycles. The molecule has 1 saturated heterocycles. The van der Waals surface area contributed by atoms with Gasteiger partial charge in [0.15, 0.2) is 0 Å². The first kappa shape index (κ1) is 13.5. The van der Waals surface area contributed by atoms with Crippen LogP contribution >= 0.6 is 0 Å².